The lowest BCUT2D eigenvalue weighted by Gasteiger charge is -2.41. The number of hydrogen-bond donors (Lipinski definition) is 0. The summed E-state index contributed by atoms with van der Waals surface area (Å²) in [5, 5.41) is 8.65. The minimum atomic E-state index is -3.72. The minimum absolute atomic E-state index is 0.549. The van der Waals surface area contributed by atoms with Gasteiger partial charge in [0, 0.05) is 0 Å². The van der Waals surface area contributed by atoms with Gasteiger partial charge in [0.15, 0.2) is 0 Å². The van der Waals surface area contributed by atoms with Crippen LogP contribution in [0.5, 0.6) is 5.75 Å². The Hall–Kier alpha value is -2.26. The van der Waals surface area contributed by atoms with Crippen molar-refractivity contribution in [3.8, 4) is 11.4 Å². The summed E-state index contributed by atoms with van der Waals surface area (Å²) in [7, 11) is -3.72. The molecule has 0 atom stereocenters. The highest BCUT2D eigenvalue weighted by Gasteiger charge is 2.57. The van der Waals surface area contributed by atoms with Crippen molar-refractivity contribution in [2.45, 2.75) is 79.1 Å². The van der Waals surface area contributed by atoms with E-state index in [9.17, 15) is 0 Å². The van der Waals surface area contributed by atoms with Gasteiger partial charge in [-0.15, -0.1) is 5.10 Å². The maximum Gasteiger partial charge on any atom is 0.751 e. The zero-order valence-corrected chi connectivity index (χ0v) is 21.6. The van der Waals surface area contributed by atoms with Crippen LogP contribution in [0.25, 0.3) is 16.7 Å². The zero-order chi connectivity index (χ0) is 23.8. The Labute approximate surface area is 192 Å². The van der Waals surface area contributed by atoms with Gasteiger partial charge < -0.3 is 17.7 Å². The Balaban J connectivity index is 2.14. The van der Waals surface area contributed by atoms with E-state index in [1.165, 1.54) is 0 Å². The van der Waals surface area contributed by atoms with Crippen LogP contribution in [0.2, 0.25) is 0 Å². The smallest absolute Gasteiger partial charge is 0.478 e. The molecule has 0 bridgehead atoms. The van der Waals surface area contributed by atoms with Crippen molar-refractivity contribution in [1.82, 2.24) is 15.0 Å². The van der Waals surface area contributed by atoms with E-state index in [0.29, 0.717) is 5.75 Å². The summed E-state index contributed by atoms with van der Waals surface area (Å²) in [6, 6.07) is 15.4. The average molecular weight is 458 g/mol. The Bertz CT molecular complexity index is 1020. The van der Waals surface area contributed by atoms with Crippen LogP contribution in [0.1, 0.15) is 62.3 Å². The first-order valence-corrected chi connectivity index (χ1v) is 12.5. The van der Waals surface area contributed by atoms with Crippen molar-refractivity contribution in [2.75, 3.05) is 0 Å². The lowest BCUT2D eigenvalue weighted by atomic mass is 10.2. The van der Waals surface area contributed by atoms with Gasteiger partial charge >= 0.3 is 9.05 Å². The molecule has 1 aromatic heterocycles. The van der Waals surface area contributed by atoms with Crippen LogP contribution in [0.15, 0.2) is 48.5 Å². The maximum atomic E-state index is 6.62. The lowest BCUT2D eigenvalue weighted by Crippen LogP contribution is -2.61. The fourth-order valence-electron chi connectivity index (χ4n) is 3.15. The molecule has 0 saturated carbocycles. The largest absolute Gasteiger partial charge is 0.751 e. The van der Waals surface area contributed by atoms with E-state index in [-0.39, 0.29) is 0 Å². The van der Waals surface area contributed by atoms with Gasteiger partial charge in [-0.1, -0.05) is 29.5 Å². The second-order valence-corrected chi connectivity index (χ2v) is 12.5. The summed E-state index contributed by atoms with van der Waals surface area (Å²) in [6.07, 6.45) is 0. The first kappa shape index (κ1) is 24.4. The molecule has 0 spiro atoms. The molecule has 8 heteroatoms. The van der Waals surface area contributed by atoms with E-state index in [1.807, 2.05) is 111 Å². The molecule has 1 heterocycles. The molecule has 0 unspecified atom stereocenters. The average Bonchev–Trinajstić information content (AvgIpc) is 3.01. The maximum absolute atomic E-state index is 6.62. The third-order valence-electron chi connectivity index (χ3n) is 3.97. The van der Waals surface area contributed by atoms with E-state index < -0.39 is 25.9 Å². The minimum Gasteiger partial charge on any atom is -0.478 e. The molecule has 0 aliphatic heterocycles. The van der Waals surface area contributed by atoms with Crippen LogP contribution < -0.4 is 4.43 Å². The van der Waals surface area contributed by atoms with Gasteiger partial charge in [0.25, 0.3) is 0 Å². The number of nitrogens with zero attached hydrogens (tertiary/aromatic N) is 3. The molecule has 0 amide bonds. The standard InChI is InChI=1S/C24H35N3O4Si/c1-22(2,3)29-32(30-23(4,5)6,31-24(7,8)9)28-21-17-13-12-16-20(21)27-19-15-11-10-14-18(19)25-26-27/h10-17H,1-9H3. The lowest BCUT2D eigenvalue weighted by molar-refractivity contribution is -0.113. The second kappa shape index (κ2) is 8.59. The Morgan fingerprint density at radius 1 is 0.688 bits per heavy atom. The number of benzene rings is 2. The van der Waals surface area contributed by atoms with Gasteiger partial charge in [-0.2, -0.15) is 0 Å². The molecule has 0 aliphatic carbocycles. The second-order valence-electron chi connectivity index (χ2n) is 10.7. The Morgan fingerprint density at radius 3 is 1.75 bits per heavy atom. The monoisotopic (exact) mass is 457 g/mol. The van der Waals surface area contributed by atoms with E-state index in [2.05, 4.69) is 10.3 Å². The number of hydrogen-bond acceptors (Lipinski definition) is 6. The van der Waals surface area contributed by atoms with Crippen molar-refractivity contribution < 1.29 is 17.7 Å². The number of rotatable bonds is 6. The van der Waals surface area contributed by atoms with Gasteiger partial charge in [0.05, 0.1) is 22.3 Å². The molecule has 3 rings (SSSR count). The van der Waals surface area contributed by atoms with Gasteiger partial charge in [-0.05, 0) is 86.6 Å². The summed E-state index contributed by atoms with van der Waals surface area (Å²) in [4.78, 5) is 0. The van der Waals surface area contributed by atoms with Crippen LogP contribution >= 0.6 is 0 Å². The third-order valence-corrected chi connectivity index (χ3v) is 7.03. The summed E-state index contributed by atoms with van der Waals surface area (Å²) in [5.74, 6) is 0.549. The Morgan fingerprint density at radius 2 is 1.19 bits per heavy atom. The van der Waals surface area contributed by atoms with Crippen molar-refractivity contribution in [2.24, 2.45) is 0 Å². The molecular formula is C24H35N3O4Si. The topological polar surface area (TPSA) is 67.6 Å². The van der Waals surface area contributed by atoms with Gasteiger partial charge in [0.2, 0.25) is 0 Å². The molecule has 0 N–H and O–H groups in total. The molecule has 174 valence electrons. The van der Waals surface area contributed by atoms with Crippen LogP contribution in [-0.2, 0) is 13.3 Å². The summed E-state index contributed by atoms with van der Waals surface area (Å²) < 4.78 is 27.8. The molecule has 0 saturated heterocycles. The zero-order valence-electron chi connectivity index (χ0n) is 20.6. The van der Waals surface area contributed by atoms with E-state index in [0.717, 1.165) is 16.7 Å². The van der Waals surface area contributed by atoms with Crippen molar-refractivity contribution >= 4 is 20.1 Å². The highest BCUT2D eigenvalue weighted by molar-refractivity contribution is 6.55. The van der Waals surface area contributed by atoms with Crippen molar-refractivity contribution in [3.05, 3.63) is 48.5 Å². The fourth-order valence-corrected chi connectivity index (χ4v) is 6.09. The molecule has 2 aromatic carbocycles. The molecule has 0 radical (unpaired) electrons. The summed E-state index contributed by atoms with van der Waals surface area (Å²) >= 11 is 0. The van der Waals surface area contributed by atoms with Gasteiger partial charge in [-0.3, -0.25) is 0 Å². The molecular weight excluding hydrogens is 422 g/mol. The molecule has 0 fully saturated rings. The first-order chi connectivity index (χ1) is 14.7. The predicted octanol–water partition coefficient (Wildman–Crippen LogP) is 5.68. The predicted molar refractivity (Wildman–Crippen MR) is 128 cm³/mol. The Kier molecular flexibility index (Phi) is 6.54. The molecule has 7 nitrogen and oxygen atoms in total. The number of para-hydroxylation sites is 3. The summed E-state index contributed by atoms with van der Waals surface area (Å²) in [5.41, 5.74) is 0.729. The van der Waals surface area contributed by atoms with Crippen LogP contribution in [0.4, 0.5) is 0 Å². The van der Waals surface area contributed by atoms with Crippen LogP contribution in [-0.4, -0.2) is 40.8 Å². The van der Waals surface area contributed by atoms with E-state index in [1.54, 1.807) is 4.68 Å². The molecule has 0 aliphatic rings. The number of fused-ring (bicyclic) bond motifs is 1. The van der Waals surface area contributed by atoms with Gasteiger partial charge in [0.1, 0.15) is 17.0 Å². The van der Waals surface area contributed by atoms with Crippen molar-refractivity contribution in [3.63, 3.8) is 0 Å². The van der Waals surface area contributed by atoms with Crippen LogP contribution in [0, 0.1) is 0 Å². The van der Waals surface area contributed by atoms with E-state index in [4.69, 9.17) is 17.7 Å². The quantitative estimate of drug-likeness (QED) is 0.444. The molecule has 3 aromatic rings. The highest BCUT2D eigenvalue weighted by atomic mass is 28.4. The SMILES string of the molecule is CC(C)(C)O[Si](Oc1ccccc1-n1nnc2ccccc21)(OC(C)(C)C)OC(C)(C)C. The van der Waals surface area contributed by atoms with Crippen molar-refractivity contribution in [1.29, 1.82) is 0 Å². The third kappa shape index (κ3) is 6.38. The highest BCUT2D eigenvalue weighted by Crippen LogP contribution is 2.34. The van der Waals surface area contributed by atoms with E-state index >= 15 is 0 Å². The van der Waals surface area contributed by atoms with Gasteiger partial charge in [-0.25, -0.2) is 4.68 Å². The summed E-state index contributed by atoms with van der Waals surface area (Å²) in [6.45, 7) is 17.7. The molecule has 32 heavy (non-hydrogen) atoms. The first-order valence-electron chi connectivity index (χ1n) is 10.9. The fraction of sp³-hybridized carbons (Fsp3) is 0.500. The number of aromatic nitrogens is 3. The van der Waals surface area contributed by atoms with Crippen LogP contribution in [0.3, 0.4) is 0 Å². The normalized spacial score (nSPS) is 13.5.